The molecule has 8 nitrogen and oxygen atoms in total. The zero-order valence-corrected chi connectivity index (χ0v) is 22.0. The Morgan fingerprint density at radius 2 is 1.87 bits per heavy atom. The molecule has 1 amide bonds. The van der Waals surface area contributed by atoms with E-state index in [4.69, 9.17) is 26.7 Å². The third kappa shape index (κ3) is 4.64. The molecule has 6 rings (SSSR count). The summed E-state index contributed by atoms with van der Waals surface area (Å²) in [5.41, 5.74) is 3.33. The van der Waals surface area contributed by atoms with Crippen molar-refractivity contribution in [3.05, 3.63) is 104 Å². The van der Waals surface area contributed by atoms with E-state index < -0.39 is 0 Å². The molecule has 0 atom stereocenters. The summed E-state index contributed by atoms with van der Waals surface area (Å²) in [5.74, 6) is 1.52. The van der Waals surface area contributed by atoms with E-state index in [-0.39, 0.29) is 23.8 Å². The first-order valence-electron chi connectivity index (χ1n) is 11.9. The molecule has 2 aromatic carbocycles. The second-order valence-corrected chi connectivity index (χ2v) is 10.6. The van der Waals surface area contributed by atoms with Crippen molar-refractivity contribution in [2.45, 2.75) is 20.0 Å². The fraction of sp³-hybridized carbons (Fsp3) is 0.143. The normalized spacial score (nSPS) is 15.6. The predicted octanol–water partition coefficient (Wildman–Crippen LogP) is 4.75. The van der Waals surface area contributed by atoms with Gasteiger partial charge in [-0.3, -0.25) is 18.9 Å². The Balaban J connectivity index is 1.36. The smallest absolute Gasteiger partial charge is 0.267 e. The Morgan fingerprint density at radius 1 is 1.05 bits per heavy atom. The number of fused-ring (bicyclic) bond motifs is 2. The average Bonchev–Trinajstić information content (AvgIpc) is 3.50. The van der Waals surface area contributed by atoms with Gasteiger partial charge in [0.1, 0.15) is 15.8 Å². The summed E-state index contributed by atoms with van der Waals surface area (Å²) < 4.78 is 12.8. The van der Waals surface area contributed by atoms with Crippen LogP contribution in [0.4, 0.5) is 5.82 Å². The van der Waals surface area contributed by atoms with E-state index in [1.807, 2.05) is 61.5 Å². The molecular weight excluding hydrogens is 520 g/mol. The summed E-state index contributed by atoms with van der Waals surface area (Å²) in [7, 11) is 0. The van der Waals surface area contributed by atoms with E-state index in [0.29, 0.717) is 45.3 Å². The number of carbonyl (C=O) groups is 1. The molecule has 4 aromatic rings. The number of aromatic nitrogens is 2. The number of nitrogens with zero attached hydrogens (tertiary/aromatic N) is 3. The molecule has 38 heavy (non-hydrogen) atoms. The number of ether oxygens (including phenoxy) is 2. The Labute approximate surface area is 227 Å². The molecule has 2 aliphatic rings. The number of carbonyl (C=O) groups excluding carboxylic acids is 1. The highest BCUT2D eigenvalue weighted by atomic mass is 32.2. The topological polar surface area (TPSA) is 85.2 Å². The van der Waals surface area contributed by atoms with Crippen LogP contribution < -0.4 is 20.3 Å². The van der Waals surface area contributed by atoms with E-state index in [9.17, 15) is 9.59 Å². The lowest BCUT2D eigenvalue weighted by atomic mass is 10.2. The van der Waals surface area contributed by atoms with Crippen molar-refractivity contribution in [1.29, 1.82) is 0 Å². The number of thioether (sulfide) groups is 1. The zero-order valence-electron chi connectivity index (χ0n) is 20.3. The lowest BCUT2D eigenvalue weighted by Gasteiger charge is -2.14. The van der Waals surface area contributed by atoms with Gasteiger partial charge in [0.2, 0.25) is 6.79 Å². The van der Waals surface area contributed by atoms with Gasteiger partial charge in [0, 0.05) is 12.7 Å². The summed E-state index contributed by atoms with van der Waals surface area (Å²) in [6.07, 6.45) is 3.33. The van der Waals surface area contributed by atoms with Crippen molar-refractivity contribution in [1.82, 2.24) is 14.3 Å². The van der Waals surface area contributed by atoms with Gasteiger partial charge in [0.25, 0.3) is 11.5 Å². The molecule has 0 radical (unpaired) electrons. The minimum absolute atomic E-state index is 0.196. The maximum Gasteiger partial charge on any atom is 0.267 e. The molecule has 190 valence electrons. The van der Waals surface area contributed by atoms with E-state index >= 15 is 0 Å². The van der Waals surface area contributed by atoms with Crippen molar-refractivity contribution in [3.8, 4) is 11.5 Å². The number of hydrogen-bond donors (Lipinski definition) is 1. The van der Waals surface area contributed by atoms with Crippen LogP contribution in [0, 0.1) is 6.92 Å². The van der Waals surface area contributed by atoms with Crippen molar-refractivity contribution >= 4 is 51.7 Å². The van der Waals surface area contributed by atoms with Gasteiger partial charge in [-0.05, 0) is 47.9 Å². The quantitative estimate of drug-likeness (QED) is 0.276. The molecule has 0 spiro atoms. The average molecular weight is 543 g/mol. The number of amides is 1. The van der Waals surface area contributed by atoms with Crippen molar-refractivity contribution in [2.24, 2.45) is 0 Å². The third-order valence-electron chi connectivity index (χ3n) is 6.24. The van der Waals surface area contributed by atoms with Crippen LogP contribution in [0.25, 0.3) is 11.7 Å². The number of nitrogens with one attached hydrogen (secondary N) is 1. The Kier molecular flexibility index (Phi) is 6.34. The van der Waals surface area contributed by atoms with Crippen LogP contribution in [-0.4, -0.2) is 31.3 Å². The fourth-order valence-corrected chi connectivity index (χ4v) is 5.53. The van der Waals surface area contributed by atoms with Crippen LogP contribution in [0.15, 0.2) is 76.6 Å². The number of aryl methyl sites for hydroxylation is 1. The van der Waals surface area contributed by atoms with Crippen molar-refractivity contribution in [2.75, 3.05) is 12.1 Å². The van der Waals surface area contributed by atoms with Crippen LogP contribution in [0.1, 0.15) is 22.3 Å². The second kappa shape index (κ2) is 9.96. The minimum Gasteiger partial charge on any atom is -0.454 e. The Morgan fingerprint density at radius 3 is 2.71 bits per heavy atom. The van der Waals surface area contributed by atoms with Crippen molar-refractivity contribution < 1.29 is 14.3 Å². The summed E-state index contributed by atoms with van der Waals surface area (Å²) in [6, 6.07) is 19.0. The molecule has 0 unspecified atom stereocenters. The largest absolute Gasteiger partial charge is 0.454 e. The summed E-state index contributed by atoms with van der Waals surface area (Å²) in [4.78, 5) is 33.6. The first kappa shape index (κ1) is 24.2. The second-order valence-electron chi connectivity index (χ2n) is 8.91. The van der Waals surface area contributed by atoms with Gasteiger partial charge in [0.15, 0.2) is 11.5 Å². The highest BCUT2D eigenvalue weighted by Gasteiger charge is 2.32. The molecular formula is C28H22N4O4S2. The summed E-state index contributed by atoms with van der Waals surface area (Å²) in [5, 5.41) is 3.29. The van der Waals surface area contributed by atoms with E-state index in [2.05, 4.69) is 5.32 Å². The number of hydrogen-bond acceptors (Lipinski definition) is 8. The monoisotopic (exact) mass is 542 g/mol. The first-order valence-corrected chi connectivity index (χ1v) is 13.1. The maximum absolute atomic E-state index is 13.6. The summed E-state index contributed by atoms with van der Waals surface area (Å²) >= 11 is 6.70. The molecule has 0 aliphatic carbocycles. The molecule has 1 N–H and O–H groups in total. The number of benzene rings is 2. The molecule has 1 fully saturated rings. The highest BCUT2D eigenvalue weighted by Crippen LogP contribution is 2.35. The zero-order chi connectivity index (χ0) is 26.2. The van der Waals surface area contributed by atoms with Crippen LogP contribution in [0.2, 0.25) is 0 Å². The lowest BCUT2D eigenvalue weighted by molar-refractivity contribution is -0.122. The van der Waals surface area contributed by atoms with E-state index in [1.54, 1.807) is 23.2 Å². The number of rotatable bonds is 6. The molecule has 0 saturated carbocycles. The van der Waals surface area contributed by atoms with Crippen LogP contribution in [0.3, 0.4) is 0 Å². The van der Waals surface area contributed by atoms with Gasteiger partial charge in [-0.1, -0.05) is 66.4 Å². The van der Waals surface area contributed by atoms with Gasteiger partial charge in [-0.15, -0.1) is 0 Å². The lowest BCUT2D eigenvalue weighted by Crippen LogP contribution is -2.27. The molecule has 2 aliphatic heterocycles. The number of pyridine rings is 1. The first-order chi connectivity index (χ1) is 18.5. The standard InChI is InChI=1S/C28H22N4O4S2/c1-17-7-10-24-30-25(29-13-19-8-9-21-22(11-19)36-16-35-21)20(26(33)31(24)14-17)12-23-27(34)32(28(37)38-23)15-18-5-3-2-4-6-18/h2-12,14,29H,13,15-16H2,1H3. The number of anilines is 1. The highest BCUT2D eigenvalue weighted by molar-refractivity contribution is 8.26. The van der Waals surface area contributed by atoms with Gasteiger partial charge in [-0.2, -0.15) is 0 Å². The molecule has 1 saturated heterocycles. The van der Waals surface area contributed by atoms with E-state index in [1.165, 1.54) is 16.2 Å². The SMILES string of the molecule is Cc1ccc2nc(NCc3ccc4c(c3)OCO4)c(C=C3SC(=S)N(Cc4ccccc4)C3=O)c(=O)n2c1. The van der Waals surface area contributed by atoms with Gasteiger partial charge in [-0.25, -0.2) is 4.98 Å². The molecule has 0 bridgehead atoms. The Bertz CT molecular complexity index is 1680. The van der Waals surface area contributed by atoms with E-state index in [0.717, 1.165) is 16.7 Å². The minimum atomic E-state index is -0.278. The van der Waals surface area contributed by atoms with Gasteiger partial charge < -0.3 is 14.8 Å². The van der Waals surface area contributed by atoms with Gasteiger partial charge >= 0.3 is 0 Å². The van der Waals surface area contributed by atoms with Crippen LogP contribution in [-0.2, 0) is 17.9 Å². The molecule has 4 heterocycles. The summed E-state index contributed by atoms with van der Waals surface area (Å²) in [6.45, 7) is 2.86. The Hall–Kier alpha value is -4.15. The van der Waals surface area contributed by atoms with Crippen molar-refractivity contribution in [3.63, 3.8) is 0 Å². The predicted molar refractivity (Wildman–Crippen MR) is 151 cm³/mol. The van der Waals surface area contributed by atoms with Gasteiger partial charge in [0.05, 0.1) is 17.0 Å². The fourth-order valence-electron chi connectivity index (χ4n) is 4.29. The third-order valence-corrected chi connectivity index (χ3v) is 7.61. The number of thiocarbonyl (C=S) groups is 1. The van der Waals surface area contributed by atoms with Crippen LogP contribution in [0.5, 0.6) is 11.5 Å². The maximum atomic E-state index is 13.6. The molecule has 2 aromatic heterocycles. The molecule has 10 heteroatoms. The van der Waals surface area contributed by atoms with Crippen LogP contribution >= 0.6 is 24.0 Å².